The van der Waals surface area contributed by atoms with Crippen molar-refractivity contribution in [3.63, 3.8) is 0 Å². The molecule has 1 saturated heterocycles. The first-order valence-corrected chi connectivity index (χ1v) is 5.99. The fourth-order valence-corrected chi connectivity index (χ4v) is 2.41. The van der Waals surface area contributed by atoms with Crippen LogP contribution in [0.15, 0.2) is 28.7 Å². The molecule has 1 heterocycles. The van der Waals surface area contributed by atoms with Gasteiger partial charge < -0.3 is 4.74 Å². The zero-order valence-electron chi connectivity index (χ0n) is 7.80. The number of alkyl halides is 1. The average molecular weight is 276 g/mol. The lowest BCUT2D eigenvalue weighted by molar-refractivity contribution is -0.0615. The normalized spacial score (nSPS) is 19.0. The van der Waals surface area contributed by atoms with E-state index in [-0.39, 0.29) is 5.41 Å². The average Bonchev–Trinajstić information content (AvgIpc) is 2.13. The van der Waals surface area contributed by atoms with E-state index in [1.807, 2.05) is 0 Å². The highest BCUT2D eigenvalue weighted by Gasteiger charge is 2.39. The van der Waals surface area contributed by atoms with Crippen LogP contribution in [0.2, 0.25) is 0 Å². The van der Waals surface area contributed by atoms with Crippen molar-refractivity contribution in [2.45, 2.75) is 11.8 Å². The molecule has 1 aliphatic heterocycles. The maximum atomic E-state index is 5.81. The molecule has 76 valence electrons. The van der Waals surface area contributed by atoms with Gasteiger partial charge in [-0.1, -0.05) is 28.1 Å². The molecule has 1 fully saturated rings. The van der Waals surface area contributed by atoms with Crippen molar-refractivity contribution in [1.29, 1.82) is 0 Å². The minimum Gasteiger partial charge on any atom is -0.379 e. The van der Waals surface area contributed by atoms with E-state index in [0.29, 0.717) is 5.88 Å². The van der Waals surface area contributed by atoms with Crippen molar-refractivity contribution in [3.8, 4) is 0 Å². The fraction of sp³-hybridized carbons (Fsp3) is 0.455. The Balaban J connectivity index is 2.23. The van der Waals surface area contributed by atoms with Crippen LogP contribution in [0.3, 0.4) is 0 Å². The van der Waals surface area contributed by atoms with Gasteiger partial charge in [-0.3, -0.25) is 0 Å². The van der Waals surface area contributed by atoms with E-state index >= 15 is 0 Å². The Morgan fingerprint density at radius 1 is 1.29 bits per heavy atom. The van der Waals surface area contributed by atoms with Crippen molar-refractivity contribution in [1.82, 2.24) is 0 Å². The van der Waals surface area contributed by atoms with Gasteiger partial charge in [0.15, 0.2) is 0 Å². The number of benzene rings is 1. The summed E-state index contributed by atoms with van der Waals surface area (Å²) in [5.74, 6) is 0.694. The van der Waals surface area contributed by atoms with Gasteiger partial charge in [0.25, 0.3) is 0 Å². The van der Waals surface area contributed by atoms with Crippen LogP contribution < -0.4 is 0 Å². The van der Waals surface area contributed by atoms with Crippen molar-refractivity contribution < 1.29 is 4.74 Å². The van der Waals surface area contributed by atoms with Crippen molar-refractivity contribution in [3.05, 3.63) is 34.3 Å². The SMILES string of the molecule is ClCCC1(c2ccc(Br)cc2)COC1. The lowest BCUT2D eigenvalue weighted by Gasteiger charge is -2.41. The second-order valence-electron chi connectivity index (χ2n) is 3.72. The number of halogens is 2. The molecule has 1 aromatic rings. The van der Waals surface area contributed by atoms with E-state index in [9.17, 15) is 0 Å². The third-order valence-corrected chi connectivity index (χ3v) is 3.50. The Kier molecular flexibility index (Phi) is 3.15. The van der Waals surface area contributed by atoms with Gasteiger partial charge in [0.2, 0.25) is 0 Å². The van der Waals surface area contributed by atoms with Crippen LogP contribution in [0.5, 0.6) is 0 Å². The van der Waals surface area contributed by atoms with Gasteiger partial charge >= 0.3 is 0 Å². The molecule has 0 aromatic heterocycles. The second-order valence-corrected chi connectivity index (χ2v) is 5.01. The first kappa shape index (κ1) is 10.5. The molecule has 3 heteroatoms. The van der Waals surface area contributed by atoms with Gasteiger partial charge in [-0.25, -0.2) is 0 Å². The highest BCUT2D eigenvalue weighted by molar-refractivity contribution is 9.10. The standard InChI is InChI=1S/C11H12BrClO/c12-10-3-1-9(2-4-10)11(5-6-13)7-14-8-11/h1-4H,5-8H2. The highest BCUT2D eigenvalue weighted by Crippen LogP contribution is 2.36. The van der Waals surface area contributed by atoms with Crippen LogP contribution in [-0.2, 0) is 10.2 Å². The zero-order valence-corrected chi connectivity index (χ0v) is 10.1. The quantitative estimate of drug-likeness (QED) is 0.769. The Morgan fingerprint density at radius 3 is 2.36 bits per heavy atom. The van der Waals surface area contributed by atoms with E-state index in [1.54, 1.807) is 0 Å². The summed E-state index contributed by atoms with van der Waals surface area (Å²) in [5.41, 5.74) is 1.52. The molecule has 1 aliphatic rings. The third kappa shape index (κ3) is 1.83. The van der Waals surface area contributed by atoms with Gasteiger partial charge in [0, 0.05) is 15.8 Å². The molecule has 0 N–H and O–H groups in total. The molecule has 0 unspecified atom stereocenters. The predicted octanol–water partition coefficient (Wildman–Crippen LogP) is 3.35. The molecule has 0 amide bonds. The molecule has 0 spiro atoms. The predicted molar refractivity (Wildman–Crippen MR) is 62.0 cm³/mol. The molecule has 1 aromatic carbocycles. The van der Waals surface area contributed by atoms with Crippen LogP contribution in [-0.4, -0.2) is 19.1 Å². The monoisotopic (exact) mass is 274 g/mol. The summed E-state index contributed by atoms with van der Waals surface area (Å²) in [6.07, 6.45) is 0.996. The van der Waals surface area contributed by atoms with Gasteiger partial charge in [-0.15, -0.1) is 11.6 Å². The molecule has 0 bridgehead atoms. The summed E-state index contributed by atoms with van der Waals surface area (Å²) < 4.78 is 6.42. The van der Waals surface area contributed by atoms with Crippen molar-refractivity contribution in [2.24, 2.45) is 0 Å². The van der Waals surface area contributed by atoms with Crippen LogP contribution in [0.4, 0.5) is 0 Å². The third-order valence-electron chi connectivity index (χ3n) is 2.79. The second kappa shape index (κ2) is 4.21. The zero-order chi connectivity index (χ0) is 10.0. The van der Waals surface area contributed by atoms with E-state index in [1.165, 1.54) is 5.56 Å². The first-order chi connectivity index (χ1) is 6.77. The van der Waals surface area contributed by atoms with Gasteiger partial charge in [0.05, 0.1) is 13.2 Å². The summed E-state index contributed by atoms with van der Waals surface area (Å²) >= 11 is 9.25. The first-order valence-electron chi connectivity index (χ1n) is 4.67. The molecular weight excluding hydrogens is 263 g/mol. The van der Waals surface area contributed by atoms with Crippen molar-refractivity contribution >= 4 is 27.5 Å². The van der Waals surface area contributed by atoms with Gasteiger partial charge in [0.1, 0.15) is 0 Å². The van der Waals surface area contributed by atoms with Gasteiger partial charge in [-0.2, -0.15) is 0 Å². The minimum absolute atomic E-state index is 0.183. The van der Waals surface area contributed by atoms with Gasteiger partial charge in [-0.05, 0) is 24.1 Å². The molecule has 1 nitrogen and oxygen atoms in total. The molecule has 0 aliphatic carbocycles. The molecular formula is C11H12BrClO. The van der Waals surface area contributed by atoms with Crippen LogP contribution in [0, 0.1) is 0 Å². The van der Waals surface area contributed by atoms with Crippen LogP contribution >= 0.6 is 27.5 Å². The number of hydrogen-bond donors (Lipinski definition) is 0. The van der Waals surface area contributed by atoms with E-state index in [0.717, 1.165) is 24.1 Å². The fourth-order valence-electron chi connectivity index (χ4n) is 1.79. The molecule has 0 radical (unpaired) electrons. The Hall–Kier alpha value is -0.0500. The molecule has 0 atom stereocenters. The number of ether oxygens (including phenoxy) is 1. The smallest absolute Gasteiger partial charge is 0.0586 e. The Bertz CT molecular complexity index is 306. The summed E-state index contributed by atoms with van der Waals surface area (Å²) in [6.45, 7) is 1.61. The minimum atomic E-state index is 0.183. The maximum absolute atomic E-state index is 5.81. The Morgan fingerprint density at radius 2 is 1.93 bits per heavy atom. The molecule has 14 heavy (non-hydrogen) atoms. The van der Waals surface area contributed by atoms with E-state index in [4.69, 9.17) is 16.3 Å². The number of hydrogen-bond acceptors (Lipinski definition) is 1. The largest absolute Gasteiger partial charge is 0.379 e. The highest BCUT2D eigenvalue weighted by atomic mass is 79.9. The molecule has 2 rings (SSSR count). The lowest BCUT2D eigenvalue weighted by Crippen LogP contribution is -2.47. The summed E-state index contributed by atoms with van der Waals surface area (Å²) in [7, 11) is 0. The number of rotatable bonds is 3. The summed E-state index contributed by atoms with van der Waals surface area (Å²) in [4.78, 5) is 0. The van der Waals surface area contributed by atoms with E-state index < -0.39 is 0 Å². The summed E-state index contributed by atoms with van der Waals surface area (Å²) in [6, 6.07) is 8.45. The maximum Gasteiger partial charge on any atom is 0.0586 e. The Labute approximate surface area is 97.5 Å². The lowest BCUT2D eigenvalue weighted by atomic mass is 9.76. The molecule has 0 saturated carbocycles. The summed E-state index contributed by atoms with van der Waals surface area (Å²) in [5, 5.41) is 0. The van der Waals surface area contributed by atoms with E-state index in [2.05, 4.69) is 40.2 Å². The topological polar surface area (TPSA) is 9.23 Å². The van der Waals surface area contributed by atoms with Crippen LogP contribution in [0.1, 0.15) is 12.0 Å². The van der Waals surface area contributed by atoms with Crippen molar-refractivity contribution in [2.75, 3.05) is 19.1 Å². The van der Waals surface area contributed by atoms with Crippen LogP contribution in [0.25, 0.3) is 0 Å².